The van der Waals surface area contributed by atoms with Crippen molar-refractivity contribution >= 4 is 42.7 Å². The molecular formula is C45H47N11O7S2. The molecule has 2 saturated carbocycles. The average molecular weight is 918 g/mol. The molecule has 65 heavy (non-hydrogen) atoms. The molecule has 0 atom stereocenters. The Hall–Kier alpha value is -6.90. The maximum Gasteiger partial charge on any atom is 0.358 e. The minimum Gasteiger partial charge on any atom is -0.476 e. The zero-order valence-corrected chi connectivity index (χ0v) is 37.3. The van der Waals surface area contributed by atoms with Crippen molar-refractivity contribution in [1.29, 1.82) is 0 Å². The third kappa shape index (κ3) is 11.3. The molecule has 2 aliphatic rings. The van der Waals surface area contributed by atoms with Crippen LogP contribution in [-0.2, 0) is 45.7 Å². The number of aryl methyl sites for hydroxylation is 1. The van der Waals surface area contributed by atoms with Gasteiger partial charge in [0.2, 0.25) is 0 Å². The molecule has 18 nitrogen and oxygen atoms in total. The van der Waals surface area contributed by atoms with E-state index in [2.05, 4.69) is 55.1 Å². The van der Waals surface area contributed by atoms with E-state index in [0.29, 0.717) is 47.4 Å². The number of carbonyl (C=O) groups excluding carboxylic acids is 1. The first-order valence-electron chi connectivity index (χ1n) is 20.9. The number of carbonyl (C=O) groups is 2. The van der Waals surface area contributed by atoms with Crippen LogP contribution in [0.15, 0.2) is 120 Å². The Morgan fingerprint density at radius 1 is 0.631 bits per heavy atom. The summed E-state index contributed by atoms with van der Waals surface area (Å²) in [6, 6.07) is 21.8. The lowest BCUT2D eigenvalue weighted by Crippen LogP contribution is -2.06. The van der Waals surface area contributed by atoms with Crippen LogP contribution in [0, 0.1) is 0 Å². The predicted molar refractivity (Wildman–Crippen MR) is 239 cm³/mol. The van der Waals surface area contributed by atoms with E-state index in [1.165, 1.54) is 60.2 Å². The number of nitrogens with zero attached hydrogens (tertiary/aromatic N) is 10. The Morgan fingerprint density at radius 2 is 1.09 bits per heavy atom. The summed E-state index contributed by atoms with van der Waals surface area (Å²) in [4.78, 5) is 33.1. The van der Waals surface area contributed by atoms with Crippen molar-refractivity contribution in [1.82, 2.24) is 48.8 Å². The number of sulfone groups is 2. The highest BCUT2D eigenvalue weighted by atomic mass is 32.2. The molecule has 2 fully saturated rings. The number of carboxylic acids is 1. The summed E-state index contributed by atoms with van der Waals surface area (Å²) in [6.07, 6.45) is 19.1. The van der Waals surface area contributed by atoms with Gasteiger partial charge in [-0.1, -0.05) is 59.0 Å². The fraction of sp³-hybridized carbons (Fsp3) is 0.289. The molecule has 20 heteroatoms. The van der Waals surface area contributed by atoms with Gasteiger partial charge >= 0.3 is 5.97 Å². The van der Waals surface area contributed by atoms with Gasteiger partial charge in [-0.25, -0.2) is 41.0 Å². The molecule has 0 aliphatic heterocycles. The summed E-state index contributed by atoms with van der Waals surface area (Å²) in [5, 5.41) is 24.3. The van der Waals surface area contributed by atoms with E-state index in [9.17, 15) is 26.4 Å². The quantitative estimate of drug-likeness (QED) is 0.134. The van der Waals surface area contributed by atoms with Crippen molar-refractivity contribution in [2.45, 2.75) is 79.8 Å². The second-order valence-electron chi connectivity index (χ2n) is 16.3. The first-order chi connectivity index (χ1) is 31.1. The zero-order valence-electron chi connectivity index (χ0n) is 35.7. The Morgan fingerprint density at radius 3 is 1.54 bits per heavy atom. The first-order valence-corrected chi connectivity index (χ1v) is 24.7. The van der Waals surface area contributed by atoms with Crippen molar-refractivity contribution in [2.24, 2.45) is 5.73 Å². The molecule has 2 aliphatic carbocycles. The SMILES string of the molecule is CS(=O)(=O)c1ccccc1CCC(=O)c1cn(Cc2cn3cc(C4CC4)ccc3n2)nn1.CS(=O)(=O)c1ccccc1CN.O=C(O)c1cn(Cc2cn3cc(C4CC4)ccc3n2)nn1. The normalized spacial score (nSPS) is 13.8. The van der Waals surface area contributed by atoms with Gasteiger partial charge in [-0.15, -0.1) is 10.2 Å². The predicted octanol–water partition coefficient (Wildman–Crippen LogP) is 5.17. The lowest BCUT2D eigenvalue weighted by Gasteiger charge is -2.06. The van der Waals surface area contributed by atoms with E-state index in [1.807, 2.05) is 33.3 Å². The molecule has 6 heterocycles. The lowest BCUT2D eigenvalue weighted by atomic mass is 10.1. The number of aromatic nitrogens is 10. The molecule has 0 bridgehead atoms. The number of ketones is 1. The number of pyridine rings is 2. The van der Waals surface area contributed by atoms with Crippen LogP contribution < -0.4 is 5.73 Å². The van der Waals surface area contributed by atoms with E-state index in [1.54, 1.807) is 59.4 Å². The van der Waals surface area contributed by atoms with Gasteiger partial charge in [-0.3, -0.25) is 4.79 Å². The van der Waals surface area contributed by atoms with Gasteiger partial charge in [-0.2, -0.15) is 0 Å². The van der Waals surface area contributed by atoms with Crippen LogP contribution in [0.2, 0.25) is 0 Å². The summed E-state index contributed by atoms with van der Waals surface area (Å²) in [5.41, 5.74) is 13.0. The third-order valence-electron chi connectivity index (χ3n) is 11.0. The zero-order chi connectivity index (χ0) is 45.9. The molecule has 336 valence electrons. The third-order valence-corrected chi connectivity index (χ3v) is 13.4. The number of aromatic carboxylic acids is 1. The highest BCUT2D eigenvalue weighted by molar-refractivity contribution is 7.91. The summed E-state index contributed by atoms with van der Waals surface area (Å²) >= 11 is 0. The summed E-state index contributed by atoms with van der Waals surface area (Å²) in [7, 11) is -6.47. The van der Waals surface area contributed by atoms with Crippen molar-refractivity contribution < 1.29 is 31.5 Å². The number of hydrogen-bond acceptors (Lipinski definition) is 13. The smallest absolute Gasteiger partial charge is 0.358 e. The Labute approximate surface area is 374 Å². The highest BCUT2D eigenvalue weighted by Crippen LogP contribution is 2.40. The standard InChI is InChI=1S/C23H23N5O3S.C14H13N5O2.C8H11NO2S/c1-32(30,31)22-5-3-2-4-17(22)8-10-21(29)20-15-28(26-25-20)14-19-13-27-12-18(16-6-7-16)9-11-23(27)24-19;20-14(21)12-8-19(17-16-12)7-11-6-18-5-10(9-1-2-9)3-4-13(18)15-11;1-12(10,11)8-5-3-2-4-7(8)6-9/h2-5,9,11-13,15-16H,6-8,10,14H2,1H3;3-6,8-9H,1-2,7H2,(H,20,21);2-5H,6,9H2,1H3. The molecule has 0 radical (unpaired) electrons. The minimum atomic E-state index is -3.34. The van der Waals surface area contributed by atoms with E-state index in [-0.39, 0.29) is 35.0 Å². The molecule has 6 aromatic heterocycles. The second-order valence-corrected chi connectivity index (χ2v) is 20.2. The molecule has 0 amide bonds. The number of imidazole rings is 2. The number of Topliss-reactive ketones (excluding diaryl/α,β-unsaturated/α-hetero) is 1. The maximum absolute atomic E-state index is 12.6. The molecule has 0 spiro atoms. The first kappa shape index (κ1) is 44.7. The van der Waals surface area contributed by atoms with E-state index in [0.717, 1.165) is 22.7 Å². The van der Waals surface area contributed by atoms with Crippen LogP contribution >= 0.6 is 0 Å². The van der Waals surface area contributed by atoms with Gasteiger partial charge in [0.25, 0.3) is 0 Å². The Bertz CT molecular complexity index is 3260. The van der Waals surface area contributed by atoms with E-state index >= 15 is 0 Å². The molecule has 0 unspecified atom stereocenters. The number of benzene rings is 2. The Balaban J connectivity index is 0.000000149. The molecule has 0 saturated heterocycles. The fourth-order valence-electron chi connectivity index (χ4n) is 7.38. The van der Waals surface area contributed by atoms with Gasteiger partial charge < -0.3 is 19.6 Å². The van der Waals surface area contributed by atoms with Crippen LogP contribution in [0.3, 0.4) is 0 Å². The molecule has 3 N–H and O–H groups in total. The topological polar surface area (TPSA) is 245 Å². The van der Waals surface area contributed by atoms with Gasteiger partial charge in [0.15, 0.2) is 31.2 Å². The molecule has 2 aromatic carbocycles. The molecule has 10 rings (SSSR count). The largest absolute Gasteiger partial charge is 0.476 e. The van der Waals surface area contributed by atoms with Gasteiger partial charge in [-0.05, 0) is 90.5 Å². The van der Waals surface area contributed by atoms with Crippen LogP contribution in [0.4, 0.5) is 0 Å². The second kappa shape index (κ2) is 18.7. The van der Waals surface area contributed by atoms with Crippen LogP contribution in [0.1, 0.15) is 98.6 Å². The fourth-order valence-corrected chi connectivity index (χ4v) is 9.31. The number of carboxylic acid groups (broad SMARTS) is 1. The van der Waals surface area contributed by atoms with Crippen LogP contribution in [0.25, 0.3) is 11.3 Å². The summed E-state index contributed by atoms with van der Waals surface area (Å²) in [5.74, 6) is 0.126. The van der Waals surface area contributed by atoms with E-state index < -0.39 is 25.6 Å². The van der Waals surface area contributed by atoms with Gasteiger partial charge in [0.1, 0.15) is 17.0 Å². The van der Waals surface area contributed by atoms with Crippen LogP contribution in [0.5, 0.6) is 0 Å². The van der Waals surface area contributed by atoms with Gasteiger partial charge in [0, 0.05) is 50.3 Å². The Kier molecular flexibility index (Phi) is 12.8. The van der Waals surface area contributed by atoms with Crippen LogP contribution in [-0.4, -0.2) is 95.0 Å². The summed E-state index contributed by atoms with van der Waals surface area (Å²) < 4.78 is 53.3. The lowest BCUT2D eigenvalue weighted by molar-refractivity contribution is 0.0690. The monoisotopic (exact) mass is 917 g/mol. The van der Waals surface area contributed by atoms with E-state index in [4.69, 9.17) is 10.8 Å². The number of nitrogens with two attached hydrogens (primary N) is 1. The average Bonchev–Trinajstić information content (AvgIpc) is 4.12. The molecular weight excluding hydrogens is 871 g/mol. The number of hydrogen-bond donors (Lipinski definition) is 2. The minimum absolute atomic E-state index is 0.0604. The van der Waals surface area contributed by atoms with Gasteiger partial charge in [0.05, 0.1) is 46.7 Å². The highest BCUT2D eigenvalue weighted by Gasteiger charge is 2.25. The van der Waals surface area contributed by atoms with Crippen molar-refractivity contribution in [3.8, 4) is 0 Å². The molecule has 8 aromatic rings. The van der Waals surface area contributed by atoms with Crippen molar-refractivity contribution in [2.75, 3.05) is 12.5 Å². The maximum atomic E-state index is 12.6. The van der Waals surface area contributed by atoms with Crippen molar-refractivity contribution in [3.05, 3.63) is 155 Å². The number of rotatable bonds is 14. The summed E-state index contributed by atoms with van der Waals surface area (Å²) in [6.45, 7) is 1.07. The number of fused-ring (bicyclic) bond motifs is 2. The van der Waals surface area contributed by atoms with Crippen molar-refractivity contribution in [3.63, 3.8) is 0 Å².